The van der Waals surface area contributed by atoms with Crippen molar-refractivity contribution in [1.82, 2.24) is 14.9 Å². The van der Waals surface area contributed by atoms with Gasteiger partial charge in [0.2, 0.25) is 15.4 Å². The molecule has 1 aliphatic rings. The van der Waals surface area contributed by atoms with Gasteiger partial charge in [-0.1, -0.05) is 29.5 Å². The Labute approximate surface area is 149 Å². The molecule has 2 aromatic rings. The van der Waals surface area contributed by atoms with Crippen LogP contribution in [0.25, 0.3) is 0 Å². The summed E-state index contributed by atoms with van der Waals surface area (Å²) in [7, 11) is -3.88. The molecule has 0 bridgehead atoms. The number of ether oxygens (including phenoxy) is 1. The van der Waals surface area contributed by atoms with E-state index in [1.54, 1.807) is 0 Å². The van der Waals surface area contributed by atoms with Gasteiger partial charge in [0, 0.05) is 18.9 Å². The van der Waals surface area contributed by atoms with Gasteiger partial charge in [0.05, 0.1) is 6.04 Å². The average molecular weight is 382 g/mol. The lowest BCUT2D eigenvalue weighted by Crippen LogP contribution is -2.41. The summed E-state index contributed by atoms with van der Waals surface area (Å²) >= 11 is 0.802. The highest BCUT2D eigenvalue weighted by Crippen LogP contribution is 2.40. The second-order valence-electron chi connectivity index (χ2n) is 6.33. The predicted octanol–water partition coefficient (Wildman–Crippen LogP) is 2.08. The number of para-hydroxylation sites is 1. The number of rotatable bonds is 4. The summed E-state index contributed by atoms with van der Waals surface area (Å²) in [4.78, 5) is 11.0. The predicted molar refractivity (Wildman–Crippen MR) is 93.0 cm³/mol. The quantitative estimate of drug-likeness (QED) is 0.784. The molecule has 1 aromatic carbocycles. The molecule has 1 amide bonds. The first kappa shape index (κ1) is 17.8. The normalized spacial score (nSPS) is 18.9. The fraction of sp³-hybridized carbons (Fsp3) is 0.400. The number of aromatic nitrogens is 2. The van der Waals surface area contributed by atoms with Gasteiger partial charge in [-0.2, -0.15) is 0 Å². The Balaban J connectivity index is 1.88. The van der Waals surface area contributed by atoms with Crippen LogP contribution in [-0.2, 0) is 14.8 Å². The average Bonchev–Trinajstić information content (AvgIpc) is 2.94. The molecular formula is C15H18N4O4S2. The van der Waals surface area contributed by atoms with Crippen molar-refractivity contribution in [3.63, 3.8) is 0 Å². The molecular weight excluding hydrogens is 364 g/mol. The summed E-state index contributed by atoms with van der Waals surface area (Å²) in [5.74, 6) is 0.316. The number of fused-ring (bicyclic) bond motifs is 1. The molecule has 3 rings (SSSR count). The van der Waals surface area contributed by atoms with Crippen molar-refractivity contribution in [2.24, 2.45) is 0 Å². The topological polar surface area (TPSA) is 110 Å². The summed E-state index contributed by atoms with van der Waals surface area (Å²) in [5, 5.41) is 9.91. The van der Waals surface area contributed by atoms with E-state index >= 15 is 0 Å². The number of hydrogen-bond acceptors (Lipinski definition) is 7. The summed E-state index contributed by atoms with van der Waals surface area (Å²) in [5.41, 5.74) is 0.265. The van der Waals surface area contributed by atoms with Crippen LogP contribution >= 0.6 is 11.3 Å². The van der Waals surface area contributed by atoms with Gasteiger partial charge in [-0.15, -0.1) is 10.2 Å². The smallest absolute Gasteiger partial charge is 0.270 e. The van der Waals surface area contributed by atoms with E-state index in [2.05, 4.69) is 20.2 Å². The van der Waals surface area contributed by atoms with E-state index in [0.717, 1.165) is 16.9 Å². The first-order valence-corrected chi connectivity index (χ1v) is 9.88. The first-order valence-electron chi connectivity index (χ1n) is 7.58. The van der Waals surface area contributed by atoms with Crippen LogP contribution in [0.4, 0.5) is 5.13 Å². The molecule has 0 saturated heterocycles. The molecule has 1 atom stereocenters. The number of anilines is 1. The number of amides is 1. The highest BCUT2D eigenvalue weighted by molar-refractivity contribution is 7.91. The second-order valence-corrected chi connectivity index (χ2v) is 9.20. The maximum atomic E-state index is 12.7. The van der Waals surface area contributed by atoms with Gasteiger partial charge in [0.15, 0.2) is 0 Å². The van der Waals surface area contributed by atoms with Gasteiger partial charge in [0.1, 0.15) is 11.4 Å². The zero-order chi connectivity index (χ0) is 18.2. The van der Waals surface area contributed by atoms with Crippen LogP contribution in [0.15, 0.2) is 28.6 Å². The molecule has 25 heavy (non-hydrogen) atoms. The van der Waals surface area contributed by atoms with Crippen molar-refractivity contribution in [2.45, 2.75) is 43.2 Å². The number of sulfonamides is 1. The number of hydrogen-bond donors (Lipinski definition) is 2. The van der Waals surface area contributed by atoms with Gasteiger partial charge in [0.25, 0.3) is 10.0 Å². The summed E-state index contributed by atoms with van der Waals surface area (Å²) in [6, 6.07) is 6.88. The molecule has 134 valence electrons. The van der Waals surface area contributed by atoms with E-state index in [4.69, 9.17) is 4.74 Å². The molecule has 2 N–H and O–H groups in total. The third-order valence-corrected chi connectivity index (χ3v) is 6.27. The van der Waals surface area contributed by atoms with E-state index in [-0.39, 0.29) is 15.4 Å². The van der Waals surface area contributed by atoms with Crippen LogP contribution in [0, 0.1) is 0 Å². The first-order chi connectivity index (χ1) is 11.7. The minimum atomic E-state index is -3.88. The molecule has 0 spiro atoms. The zero-order valence-corrected chi connectivity index (χ0v) is 15.6. The van der Waals surface area contributed by atoms with Gasteiger partial charge >= 0.3 is 0 Å². The van der Waals surface area contributed by atoms with Crippen LogP contribution in [0.2, 0.25) is 0 Å². The maximum absolute atomic E-state index is 12.7. The van der Waals surface area contributed by atoms with Crippen LogP contribution in [0.1, 0.15) is 38.8 Å². The van der Waals surface area contributed by atoms with Gasteiger partial charge in [-0.3, -0.25) is 4.79 Å². The van der Waals surface area contributed by atoms with Crippen molar-refractivity contribution >= 4 is 32.4 Å². The molecule has 10 heteroatoms. The lowest BCUT2D eigenvalue weighted by atomic mass is 9.90. The van der Waals surface area contributed by atoms with E-state index in [0.29, 0.717) is 12.2 Å². The zero-order valence-electron chi connectivity index (χ0n) is 13.9. The van der Waals surface area contributed by atoms with E-state index in [9.17, 15) is 13.2 Å². The number of benzene rings is 1. The van der Waals surface area contributed by atoms with Crippen molar-refractivity contribution < 1.29 is 17.9 Å². The Morgan fingerprint density at radius 1 is 1.32 bits per heavy atom. The summed E-state index contributed by atoms with van der Waals surface area (Å²) in [6.45, 7) is 5.13. The van der Waals surface area contributed by atoms with Crippen molar-refractivity contribution in [3.05, 3.63) is 29.8 Å². The third kappa shape index (κ3) is 3.97. The fourth-order valence-corrected chi connectivity index (χ4v) is 4.84. The molecule has 1 aliphatic heterocycles. The van der Waals surface area contributed by atoms with Gasteiger partial charge in [-0.25, -0.2) is 13.1 Å². The van der Waals surface area contributed by atoms with Crippen molar-refractivity contribution in [1.29, 1.82) is 0 Å². The van der Waals surface area contributed by atoms with Crippen molar-refractivity contribution in [3.8, 4) is 5.75 Å². The molecule has 0 fully saturated rings. The molecule has 0 unspecified atom stereocenters. The van der Waals surface area contributed by atoms with Gasteiger partial charge < -0.3 is 10.1 Å². The molecule has 0 radical (unpaired) electrons. The van der Waals surface area contributed by atoms with E-state index < -0.39 is 21.7 Å². The number of nitrogens with one attached hydrogen (secondary N) is 2. The van der Waals surface area contributed by atoms with Crippen LogP contribution in [0.3, 0.4) is 0 Å². The summed E-state index contributed by atoms with van der Waals surface area (Å²) in [6.07, 6.45) is 0.473. The Bertz CT molecular complexity index is 908. The Kier molecular flexibility index (Phi) is 4.52. The Morgan fingerprint density at radius 3 is 2.76 bits per heavy atom. The Hall–Kier alpha value is -2.04. The minimum Gasteiger partial charge on any atom is -0.487 e. The molecule has 0 saturated carbocycles. The number of carbonyl (C=O) groups excluding carboxylic acids is 1. The van der Waals surface area contributed by atoms with E-state index in [1.807, 2.05) is 38.1 Å². The highest BCUT2D eigenvalue weighted by atomic mass is 32.2. The Morgan fingerprint density at radius 2 is 2.04 bits per heavy atom. The second kappa shape index (κ2) is 6.36. The maximum Gasteiger partial charge on any atom is 0.270 e. The lowest BCUT2D eigenvalue weighted by molar-refractivity contribution is -0.114. The lowest BCUT2D eigenvalue weighted by Gasteiger charge is -2.37. The number of carbonyl (C=O) groups is 1. The fourth-order valence-electron chi connectivity index (χ4n) is 2.66. The van der Waals surface area contributed by atoms with Crippen LogP contribution in [0.5, 0.6) is 5.75 Å². The molecule has 0 aliphatic carbocycles. The molecule has 8 nitrogen and oxygen atoms in total. The van der Waals surface area contributed by atoms with Crippen molar-refractivity contribution in [2.75, 3.05) is 5.32 Å². The number of nitrogens with zero attached hydrogens (tertiary/aromatic N) is 2. The largest absolute Gasteiger partial charge is 0.487 e. The monoisotopic (exact) mass is 382 g/mol. The highest BCUT2D eigenvalue weighted by Gasteiger charge is 2.36. The summed E-state index contributed by atoms with van der Waals surface area (Å²) < 4.78 is 33.7. The molecule has 1 aromatic heterocycles. The van der Waals surface area contributed by atoms with E-state index in [1.165, 1.54) is 6.92 Å². The standard InChI is InChI=1S/C15H18N4O4S2/c1-9(20)16-13-17-18-14(24-13)25(21,22)19-11-8-15(2,3)23-12-7-5-4-6-10(11)12/h4-7,11,19H,8H2,1-3H3,(H,16,17,20)/t11-/m0/s1. The third-order valence-electron chi connectivity index (χ3n) is 3.59. The minimum absolute atomic E-state index is 0.139. The molecule has 2 heterocycles. The van der Waals surface area contributed by atoms with Crippen LogP contribution in [-0.4, -0.2) is 30.1 Å². The van der Waals surface area contributed by atoms with Gasteiger partial charge in [-0.05, 0) is 19.9 Å². The van der Waals surface area contributed by atoms with Crippen LogP contribution < -0.4 is 14.8 Å². The SMILES string of the molecule is CC(=O)Nc1nnc(S(=O)(=O)N[C@H]2CC(C)(C)Oc3ccccc32)s1.